The summed E-state index contributed by atoms with van der Waals surface area (Å²) in [5, 5.41) is 16.8. The number of carbonyl (C=O) groups excluding carboxylic acids is 1. The Balaban J connectivity index is 2.00. The minimum Gasteiger partial charge on any atom is -0.494 e. The van der Waals surface area contributed by atoms with E-state index in [9.17, 15) is 23.1 Å². The number of ether oxygens (including phenoxy) is 2. The highest BCUT2D eigenvalue weighted by molar-refractivity contribution is 7.14. The molecular weight excluding hydrogens is 411 g/mol. The standard InChI is InChI=1S/C18H18F3N3O4S/c1-3-27-12-7-5-11(6-8-12)17(26)9-14(18(19,20)21)23-24(17)16-22-13(10-29-16)15(25)28-4-2/h5-8,10,26H,3-4,9H2,1-2H3. The number of nitrogens with zero attached hydrogens (tertiary/aromatic N) is 3. The zero-order valence-electron chi connectivity index (χ0n) is 15.6. The predicted molar refractivity (Wildman–Crippen MR) is 100 cm³/mol. The van der Waals surface area contributed by atoms with Crippen LogP contribution < -0.4 is 9.75 Å². The van der Waals surface area contributed by atoms with Crippen molar-refractivity contribution >= 4 is 28.1 Å². The Labute approximate surface area is 168 Å². The van der Waals surface area contributed by atoms with Crippen LogP contribution in [0.5, 0.6) is 5.75 Å². The Kier molecular flexibility index (Phi) is 5.80. The summed E-state index contributed by atoms with van der Waals surface area (Å²) in [4.78, 5) is 15.8. The second kappa shape index (κ2) is 7.99. The van der Waals surface area contributed by atoms with E-state index in [1.54, 1.807) is 26.0 Å². The quantitative estimate of drug-likeness (QED) is 0.705. The minimum atomic E-state index is -4.73. The molecule has 7 nitrogen and oxygen atoms in total. The van der Waals surface area contributed by atoms with Gasteiger partial charge in [0.05, 0.1) is 19.6 Å². The van der Waals surface area contributed by atoms with E-state index in [1.807, 2.05) is 0 Å². The fraction of sp³-hybridized carbons (Fsp3) is 0.389. The summed E-state index contributed by atoms with van der Waals surface area (Å²) in [6.45, 7) is 3.97. The lowest BCUT2D eigenvalue weighted by Gasteiger charge is -2.31. The molecular formula is C18H18F3N3O4S. The third-order valence-electron chi connectivity index (χ3n) is 4.10. The molecule has 2 heterocycles. The van der Waals surface area contributed by atoms with E-state index < -0.39 is 30.0 Å². The fourth-order valence-electron chi connectivity index (χ4n) is 2.77. The first-order chi connectivity index (χ1) is 13.7. The molecule has 1 N–H and O–H groups in total. The van der Waals surface area contributed by atoms with Gasteiger partial charge in [0.2, 0.25) is 5.13 Å². The van der Waals surface area contributed by atoms with Crippen LogP contribution in [-0.4, -0.2) is 41.2 Å². The van der Waals surface area contributed by atoms with Gasteiger partial charge in [-0.3, -0.25) is 0 Å². The van der Waals surface area contributed by atoms with Gasteiger partial charge in [0, 0.05) is 10.9 Å². The number of thiazole rings is 1. The van der Waals surface area contributed by atoms with Gasteiger partial charge in [0.15, 0.2) is 11.4 Å². The first-order valence-corrected chi connectivity index (χ1v) is 9.60. The van der Waals surface area contributed by atoms with Gasteiger partial charge in [-0.25, -0.2) is 14.8 Å². The van der Waals surface area contributed by atoms with Crippen molar-refractivity contribution in [3.8, 4) is 5.75 Å². The van der Waals surface area contributed by atoms with Gasteiger partial charge in [-0.05, 0) is 26.0 Å². The molecule has 29 heavy (non-hydrogen) atoms. The maximum Gasteiger partial charge on any atom is 0.431 e. The maximum absolute atomic E-state index is 13.3. The van der Waals surface area contributed by atoms with Crippen molar-refractivity contribution in [3.63, 3.8) is 0 Å². The summed E-state index contributed by atoms with van der Waals surface area (Å²) < 4.78 is 50.2. The molecule has 1 atom stereocenters. The molecule has 0 spiro atoms. The van der Waals surface area contributed by atoms with Crippen LogP contribution in [0, 0.1) is 0 Å². The van der Waals surface area contributed by atoms with E-state index in [1.165, 1.54) is 17.5 Å². The van der Waals surface area contributed by atoms with Crippen molar-refractivity contribution in [3.05, 3.63) is 40.9 Å². The van der Waals surface area contributed by atoms with E-state index in [4.69, 9.17) is 9.47 Å². The van der Waals surface area contributed by atoms with Crippen LogP contribution in [0.25, 0.3) is 0 Å². The molecule has 0 bridgehead atoms. The molecule has 0 aliphatic carbocycles. The van der Waals surface area contributed by atoms with Gasteiger partial charge >= 0.3 is 12.1 Å². The van der Waals surface area contributed by atoms with Crippen LogP contribution in [0.3, 0.4) is 0 Å². The van der Waals surface area contributed by atoms with Crippen LogP contribution >= 0.6 is 11.3 Å². The van der Waals surface area contributed by atoms with E-state index in [0.717, 1.165) is 16.3 Å². The average molecular weight is 429 g/mol. The fourth-order valence-corrected chi connectivity index (χ4v) is 3.58. The van der Waals surface area contributed by atoms with Crippen molar-refractivity contribution in [2.24, 2.45) is 5.10 Å². The molecule has 1 aromatic carbocycles. The highest BCUT2D eigenvalue weighted by Gasteiger charge is 2.52. The SMILES string of the molecule is CCOC(=O)c1csc(N2N=C(C(F)(F)F)CC2(O)c2ccc(OCC)cc2)n1. The first-order valence-electron chi connectivity index (χ1n) is 8.72. The molecule has 0 amide bonds. The topological polar surface area (TPSA) is 84.2 Å². The van der Waals surface area contributed by atoms with Gasteiger partial charge < -0.3 is 14.6 Å². The van der Waals surface area contributed by atoms with E-state index in [0.29, 0.717) is 12.4 Å². The lowest BCUT2D eigenvalue weighted by Crippen LogP contribution is -2.40. The number of carbonyl (C=O) groups is 1. The number of rotatable bonds is 6. The second-order valence-corrected chi connectivity index (χ2v) is 6.88. The number of anilines is 1. The summed E-state index contributed by atoms with van der Waals surface area (Å²) in [6.07, 6.45) is -5.52. The summed E-state index contributed by atoms with van der Waals surface area (Å²) >= 11 is 0.877. The molecule has 0 fully saturated rings. The number of alkyl halides is 3. The van der Waals surface area contributed by atoms with Gasteiger partial charge in [0.1, 0.15) is 11.5 Å². The number of benzene rings is 1. The highest BCUT2D eigenvalue weighted by Crippen LogP contribution is 2.43. The van der Waals surface area contributed by atoms with Crippen molar-refractivity contribution in [2.75, 3.05) is 18.2 Å². The monoisotopic (exact) mass is 429 g/mol. The van der Waals surface area contributed by atoms with Gasteiger partial charge in [-0.15, -0.1) is 11.3 Å². The summed E-state index contributed by atoms with van der Waals surface area (Å²) in [6, 6.07) is 6.03. The molecule has 3 rings (SSSR count). The second-order valence-electron chi connectivity index (χ2n) is 6.04. The Morgan fingerprint density at radius 1 is 1.28 bits per heavy atom. The molecule has 0 radical (unpaired) electrons. The lowest BCUT2D eigenvalue weighted by atomic mass is 9.97. The van der Waals surface area contributed by atoms with E-state index in [-0.39, 0.29) is 23.0 Å². The third kappa shape index (κ3) is 4.20. The van der Waals surface area contributed by atoms with Crippen molar-refractivity contribution < 1.29 is 32.5 Å². The zero-order valence-corrected chi connectivity index (χ0v) is 16.4. The largest absolute Gasteiger partial charge is 0.494 e. The average Bonchev–Trinajstić information content (AvgIpc) is 3.28. The number of hydrogen-bond acceptors (Lipinski definition) is 8. The number of hydrogen-bond donors (Lipinski definition) is 1. The predicted octanol–water partition coefficient (Wildman–Crippen LogP) is 3.69. The van der Waals surface area contributed by atoms with Crippen LogP contribution in [0.2, 0.25) is 0 Å². The molecule has 11 heteroatoms. The molecule has 0 saturated carbocycles. The zero-order chi connectivity index (χ0) is 21.2. The molecule has 2 aromatic rings. The summed E-state index contributed by atoms with van der Waals surface area (Å²) in [5.41, 5.74) is -3.17. The van der Waals surface area contributed by atoms with Gasteiger partial charge in [-0.1, -0.05) is 12.1 Å². The van der Waals surface area contributed by atoms with E-state index >= 15 is 0 Å². The molecule has 1 aromatic heterocycles. The van der Waals surface area contributed by atoms with Crippen LogP contribution in [0.15, 0.2) is 34.7 Å². The number of halogens is 3. The molecule has 0 saturated heterocycles. The van der Waals surface area contributed by atoms with E-state index in [2.05, 4.69) is 10.1 Å². The molecule has 156 valence electrons. The summed E-state index contributed by atoms with van der Waals surface area (Å²) in [7, 11) is 0. The first kappa shape index (κ1) is 21.1. The number of aromatic nitrogens is 1. The Morgan fingerprint density at radius 2 is 1.97 bits per heavy atom. The summed E-state index contributed by atoms with van der Waals surface area (Å²) in [5.74, 6) is -0.195. The molecule has 1 aliphatic rings. The van der Waals surface area contributed by atoms with Gasteiger partial charge in [-0.2, -0.15) is 18.3 Å². The molecule has 1 aliphatic heterocycles. The minimum absolute atomic E-state index is 0.0660. The number of aliphatic hydroxyl groups is 1. The van der Waals surface area contributed by atoms with Crippen LogP contribution in [-0.2, 0) is 10.5 Å². The normalized spacial score (nSPS) is 19.2. The Bertz CT molecular complexity index is 914. The third-order valence-corrected chi connectivity index (χ3v) is 4.91. The highest BCUT2D eigenvalue weighted by atomic mass is 32.1. The smallest absolute Gasteiger partial charge is 0.431 e. The Hall–Kier alpha value is -2.66. The maximum atomic E-state index is 13.3. The van der Waals surface area contributed by atoms with Crippen molar-refractivity contribution in [1.82, 2.24) is 4.98 Å². The van der Waals surface area contributed by atoms with Crippen LogP contribution in [0.1, 0.15) is 36.3 Å². The van der Waals surface area contributed by atoms with Gasteiger partial charge in [0.25, 0.3) is 0 Å². The number of esters is 1. The van der Waals surface area contributed by atoms with Crippen molar-refractivity contribution in [1.29, 1.82) is 0 Å². The Morgan fingerprint density at radius 3 is 2.55 bits per heavy atom. The molecule has 1 unspecified atom stereocenters. The van der Waals surface area contributed by atoms with Crippen LogP contribution in [0.4, 0.5) is 18.3 Å². The lowest BCUT2D eigenvalue weighted by molar-refractivity contribution is -0.0626. The van der Waals surface area contributed by atoms with Crippen molar-refractivity contribution in [2.45, 2.75) is 32.2 Å². The number of hydrazone groups is 1.